The number of nitrogens with one attached hydrogen (secondary N) is 1. The van der Waals surface area contributed by atoms with Gasteiger partial charge in [0.15, 0.2) is 0 Å². The molecule has 2 amide bonds. The number of amides is 2. The average molecular weight is 324 g/mol. The Morgan fingerprint density at radius 3 is 2.62 bits per heavy atom. The molecule has 5 nitrogen and oxygen atoms in total. The molecule has 0 unspecified atom stereocenters. The second-order valence-electron chi connectivity index (χ2n) is 6.04. The van der Waals surface area contributed by atoms with E-state index in [-0.39, 0.29) is 11.6 Å². The van der Waals surface area contributed by atoms with Crippen LogP contribution in [0.5, 0.6) is 0 Å². The highest BCUT2D eigenvalue weighted by atomic mass is 16.4. The monoisotopic (exact) mass is 324 g/mol. The van der Waals surface area contributed by atoms with Gasteiger partial charge in [0.05, 0.1) is 5.56 Å². The summed E-state index contributed by atoms with van der Waals surface area (Å²) in [6, 6.07) is 12.7. The van der Waals surface area contributed by atoms with Crippen molar-refractivity contribution in [3.8, 4) is 0 Å². The number of rotatable bonds is 3. The molecule has 0 bridgehead atoms. The van der Waals surface area contributed by atoms with Gasteiger partial charge in [0.1, 0.15) is 0 Å². The number of benzene rings is 2. The SMILES string of the molecule is Cc1cccc2c1CN(C(=O)NCc1ccc(C(=O)O)cc1)CC2. The summed E-state index contributed by atoms with van der Waals surface area (Å²) in [5.41, 5.74) is 4.90. The molecular weight excluding hydrogens is 304 g/mol. The Morgan fingerprint density at radius 2 is 1.92 bits per heavy atom. The molecule has 2 aromatic carbocycles. The van der Waals surface area contributed by atoms with Gasteiger partial charge in [-0.3, -0.25) is 0 Å². The number of aryl methyl sites for hydroxylation is 1. The molecule has 1 aliphatic heterocycles. The first kappa shape index (κ1) is 16.1. The van der Waals surface area contributed by atoms with Gasteiger partial charge in [-0.2, -0.15) is 0 Å². The van der Waals surface area contributed by atoms with Gasteiger partial charge in [0.25, 0.3) is 0 Å². The zero-order valence-corrected chi connectivity index (χ0v) is 13.6. The van der Waals surface area contributed by atoms with Crippen LogP contribution in [0.1, 0.15) is 32.6 Å². The number of aromatic carboxylic acids is 1. The summed E-state index contributed by atoms with van der Waals surface area (Å²) in [7, 11) is 0. The van der Waals surface area contributed by atoms with Gasteiger partial charge in [-0.1, -0.05) is 30.3 Å². The number of carboxylic acids is 1. The zero-order chi connectivity index (χ0) is 17.1. The highest BCUT2D eigenvalue weighted by molar-refractivity contribution is 5.87. The van der Waals surface area contributed by atoms with Crippen LogP contribution in [0.2, 0.25) is 0 Å². The van der Waals surface area contributed by atoms with Crippen LogP contribution in [0.15, 0.2) is 42.5 Å². The van der Waals surface area contributed by atoms with E-state index in [1.807, 2.05) is 4.90 Å². The molecule has 1 aliphatic rings. The van der Waals surface area contributed by atoms with Gasteiger partial charge in [-0.25, -0.2) is 9.59 Å². The van der Waals surface area contributed by atoms with Crippen LogP contribution in [0.25, 0.3) is 0 Å². The molecule has 2 aromatic rings. The van der Waals surface area contributed by atoms with Gasteiger partial charge >= 0.3 is 12.0 Å². The summed E-state index contributed by atoms with van der Waals surface area (Å²) in [4.78, 5) is 25.0. The van der Waals surface area contributed by atoms with Crippen molar-refractivity contribution in [2.75, 3.05) is 6.54 Å². The minimum Gasteiger partial charge on any atom is -0.478 e. The van der Waals surface area contributed by atoms with Crippen LogP contribution in [0, 0.1) is 6.92 Å². The summed E-state index contributed by atoms with van der Waals surface area (Å²) < 4.78 is 0. The standard InChI is InChI=1S/C19H20N2O3/c1-13-3-2-4-15-9-10-21(12-17(13)15)19(24)20-11-14-5-7-16(8-6-14)18(22)23/h2-8H,9-12H2,1H3,(H,20,24)(H,22,23). The molecule has 2 N–H and O–H groups in total. The van der Waals surface area contributed by atoms with Gasteiger partial charge in [-0.05, 0) is 47.7 Å². The highest BCUT2D eigenvalue weighted by Gasteiger charge is 2.21. The Hall–Kier alpha value is -2.82. The summed E-state index contributed by atoms with van der Waals surface area (Å²) in [6.45, 7) is 3.80. The summed E-state index contributed by atoms with van der Waals surface area (Å²) in [5, 5.41) is 11.8. The number of nitrogens with zero attached hydrogens (tertiary/aromatic N) is 1. The van der Waals surface area contributed by atoms with Gasteiger partial charge in [0.2, 0.25) is 0 Å². The van der Waals surface area contributed by atoms with Gasteiger partial charge in [-0.15, -0.1) is 0 Å². The number of fused-ring (bicyclic) bond motifs is 1. The third-order valence-electron chi connectivity index (χ3n) is 4.44. The number of urea groups is 1. The predicted molar refractivity (Wildman–Crippen MR) is 90.9 cm³/mol. The molecule has 3 rings (SSSR count). The fourth-order valence-corrected chi connectivity index (χ4v) is 2.98. The van der Waals surface area contributed by atoms with E-state index in [1.165, 1.54) is 16.7 Å². The summed E-state index contributed by atoms with van der Waals surface area (Å²) in [6.07, 6.45) is 0.873. The van der Waals surface area contributed by atoms with E-state index >= 15 is 0 Å². The van der Waals surface area contributed by atoms with E-state index in [2.05, 4.69) is 30.4 Å². The number of hydrogen-bond donors (Lipinski definition) is 2. The maximum Gasteiger partial charge on any atom is 0.335 e. The number of carbonyl (C=O) groups is 2. The van der Waals surface area contributed by atoms with E-state index < -0.39 is 5.97 Å². The lowest BCUT2D eigenvalue weighted by Gasteiger charge is -2.30. The van der Waals surface area contributed by atoms with Crippen LogP contribution in [-0.4, -0.2) is 28.6 Å². The Balaban J connectivity index is 1.60. The van der Waals surface area contributed by atoms with Crippen molar-refractivity contribution >= 4 is 12.0 Å². The van der Waals surface area contributed by atoms with Crippen LogP contribution >= 0.6 is 0 Å². The van der Waals surface area contributed by atoms with Crippen molar-refractivity contribution in [1.29, 1.82) is 0 Å². The molecule has 0 aliphatic carbocycles. The second kappa shape index (κ2) is 6.74. The van der Waals surface area contributed by atoms with Crippen LogP contribution < -0.4 is 5.32 Å². The molecule has 0 radical (unpaired) electrons. The topological polar surface area (TPSA) is 69.6 Å². The predicted octanol–water partition coefficient (Wildman–Crippen LogP) is 2.96. The molecule has 5 heteroatoms. The Kier molecular flexibility index (Phi) is 4.51. The van der Waals surface area contributed by atoms with E-state index in [9.17, 15) is 9.59 Å². The maximum atomic E-state index is 12.4. The van der Waals surface area contributed by atoms with Crippen LogP contribution in [0.3, 0.4) is 0 Å². The van der Waals surface area contributed by atoms with Crippen molar-refractivity contribution in [2.24, 2.45) is 0 Å². The Bertz CT molecular complexity index is 769. The molecule has 1 heterocycles. The summed E-state index contributed by atoms with van der Waals surface area (Å²) >= 11 is 0. The number of carbonyl (C=O) groups excluding carboxylic acids is 1. The fourth-order valence-electron chi connectivity index (χ4n) is 2.98. The van der Waals surface area contributed by atoms with Gasteiger partial charge < -0.3 is 15.3 Å². The molecule has 0 fully saturated rings. The highest BCUT2D eigenvalue weighted by Crippen LogP contribution is 2.22. The lowest BCUT2D eigenvalue weighted by Crippen LogP contribution is -2.42. The molecule has 24 heavy (non-hydrogen) atoms. The quantitative estimate of drug-likeness (QED) is 0.912. The molecule has 0 saturated heterocycles. The van der Waals surface area contributed by atoms with E-state index in [1.54, 1.807) is 24.3 Å². The largest absolute Gasteiger partial charge is 0.478 e. The smallest absolute Gasteiger partial charge is 0.335 e. The molecule has 0 spiro atoms. The van der Waals surface area contributed by atoms with E-state index in [0.29, 0.717) is 19.6 Å². The molecule has 0 saturated carbocycles. The number of carboxylic acid groups (broad SMARTS) is 1. The minimum absolute atomic E-state index is 0.0915. The molecule has 0 atom stereocenters. The minimum atomic E-state index is -0.951. The third kappa shape index (κ3) is 3.40. The molecule has 0 aromatic heterocycles. The average Bonchev–Trinajstić information content (AvgIpc) is 2.60. The lowest BCUT2D eigenvalue weighted by molar-refractivity contribution is 0.0697. The first-order valence-corrected chi connectivity index (χ1v) is 7.97. The first-order valence-electron chi connectivity index (χ1n) is 7.97. The Morgan fingerprint density at radius 1 is 1.17 bits per heavy atom. The van der Waals surface area contributed by atoms with Crippen LogP contribution in [-0.2, 0) is 19.5 Å². The number of hydrogen-bond acceptors (Lipinski definition) is 2. The van der Waals surface area contributed by atoms with Crippen molar-refractivity contribution in [3.05, 3.63) is 70.3 Å². The van der Waals surface area contributed by atoms with E-state index in [4.69, 9.17) is 5.11 Å². The van der Waals surface area contributed by atoms with Crippen molar-refractivity contribution in [3.63, 3.8) is 0 Å². The zero-order valence-electron chi connectivity index (χ0n) is 13.6. The van der Waals surface area contributed by atoms with Crippen LogP contribution in [0.4, 0.5) is 4.79 Å². The lowest BCUT2D eigenvalue weighted by atomic mass is 9.96. The maximum absolute atomic E-state index is 12.4. The van der Waals surface area contributed by atoms with Crippen molar-refractivity contribution in [1.82, 2.24) is 10.2 Å². The second-order valence-corrected chi connectivity index (χ2v) is 6.04. The van der Waals surface area contributed by atoms with E-state index in [0.717, 1.165) is 12.0 Å². The third-order valence-corrected chi connectivity index (χ3v) is 4.44. The molecule has 124 valence electrons. The van der Waals surface area contributed by atoms with Gasteiger partial charge in [0, 0.05) is 19.6 Å². The van der Waals surface area contributed by atoms with Crippen molar-refractivity contribution < 1.29 is 14.7 Å². The normalized spacial score (nSPS) is 13.3. The van der Waals surface area contributed by atoms with Crippen molar-refractivity contribution in [2.45, 2.75) is 26.4 Å². The molecular formula is C19H20N2O3. The first-order chi connectivity index (χ1) is 11.5. The summed E-state index contributed by atoms with van der Waals surface area (Å²) in [5.74, 6) is -0.951. The Labute approximate surface area is 140 Å². The fraction of sp³-hybridized carbons (Fsp3) is 0.263.